The van der Waals surface area contributed by atoms with Gasteiger partial charge in [0.05, 0.1) is 12.1 Å². The monoisotopic (exact) mass is 560 g/mol. The van der Waals surface area contributed by atoms with Gasteiger partial charge in [0, 0.05) is 36.0 Å². The lowest BCUT2D eigenvalue weighted by atomic mass is 10.1. The molecule has 2 saturated carbocycles. The summed E-state index contributed by atoms with van der Waals surface area (Å²) in [7, 11) is 2.47. The SMILES string of the molecule is CCCSc1nc(N[C@@H]2C[C@H]2c2ccc(F)c(P)c2)c2nnn([C@@H]3C[C@H](OCC)[C@H]4OC(C)(C)O[C@H]43)c2n1. The fraction of sp³-hybridized carbons (Fsp3) is 0.615. The van der Waals surface area contributed by atoms with Gasteiger partial charge in [0.25, 0.3) is 0 Å². The van der Waals surface area contributed by atoms with Crippen LogP contribution in [-0.2, 0) is 14.2 Å². The molecule has 12 heteroatoms. The Morgan fingerprint density at radius 3 is 2.79 bits per heavy atom. The molecule has 1 aromatic carbocycles. The van der Waals surface area contributed by atoms with Crippen LogP contribution in [-0.4, -0.2) is 67.5 Å². The maximum Gasteiger partial charge on any atom is 0.191 e. The molecular formula is C26H34FN6O3PS. The normalized spacial score (nSPS) is 29.6. The topological polar surface area (TPSA) is 96.2 Å². The lowest BCUT2D eigenvalue weighted by Gasteiger charge is -2.23. The zero-order valence-electron chi connectivity index (χ0n) is 22.1. The van der Waals surface area contributed by atoms with E-state index in [4.69, 9.17) is 24.2 Å². The van der Waals surface area contributed by atoms with Crippen LogP contribution >= 0.6 is 21.0 Å². The minimum Gasteiger partial charge on any atom is -0.376 e. The van der Waals surface area contributed by atoms with Gasteiger partial charge in [-0.3, -0.25) is 0 Å². The van der Waals surface area contributed by atoms with Gasteiger partial charge in [-0.1, -0.05) is 30.0 Å². The van der Waals surface area contributed by atoms with E-state index in [1.54, 1.807) is 11.8 Å². The first kappa shape index (κ1) is 26.3. The number of thioether (sulfide) groups is 1. The summed E-state index contributed by atoms with van der Waals surface area (Å²) in [6.07, 6.45) is 2.18. The van der Waals surface area contributed by atoms with Crippen molar-refractivity contribution in [1.82, 2.24) is 25.0 Å². The van der Waals surface area contributed by atoms with Crippen LogP contribution in [0.5, 0.6) is 0 Å². The summed E-state index contributed by atoms with van der Waals surface area (Å²) in [6.45, 7) is 8.60. The van der Waals surface area contributed by atoms with E-state index in [2.05, 4.69) is 31.8 Å². The Balaban J connectivity index is 1.32. The average Bonchev–Trinajstić information content (AvgIpc) is 3.22. The molecule has 1 N–H and O–H groups in total. The van der Waals surface area contributed by atoms with Crippen molar-refractivity contribution in [1.29, 1.82) is 0 Å². The third-order valence-corrected chi connectivity index (χ3v) is 8.87. The van der Waals surface area contributed by atoms with Crippen molar-refractivity contribution < 1.29 is 18.6 Å². The predicted octanol–water partition coefficient (Wildman–Crippen LogP) is 4.20. The van der Waals surface area contributed by atoms with Crippen LogP contribution < -0.4 is 10.6 Å². The van der Waals surface area contributed by atoms with Crippen LogP contribution in [0.3, 0.4) is 0 Å². The molecule has 0 radical (unpaired) electrons. The summed E-state index contributed by atoms with van der Waals surface area (Å²) >= 11 is 1.62. The molecular weight excluding hydrogens is 526 g/mol. The van der Waals surface area contributed by atoms with E-state index in [1.165, 1.54) is 6.07 Å². The number of hydrogen-bond donors (Lipinski definition) is 1. The second-order valence-electron chi connectivity index (χ2n) is 10.6. The van der Waals surface area contributed by atoms with E-state index in [-0.39, 0.29) is 42.1 Å². The smallest absolute Gasteiger partial charge is 0.191 e. The molecule has 2 aromatic heterocycles. The number of rotatable bonds is 9. The molecule has 3 aromatic rings. The van der Waals surface area contributed by atoms with Crippen LogP contribution in [0.4, 0.5) is 10.2 Å². The number of anilines is 1. The first-order valence-corrected chi connectivity index (χ1v) is 14.9. The Kier molecular flexibility index (Phi) is 7.10. The van der Waals surface area contributed by atoms with Gasteiger partial charge < -0.3 is 19.5 Å². The van der Waals surface area contributed by atoms with Crippen molar-refractivity contribution in [3.63, 3.8) is 0 Å². The maximum absolute atomic E-state index is 13.8. The molecule has 9 nitrogen and oxygen atoms in total. The lowest BCUT2D eigenvalue weighted by Crippen LogP contribution is -2.31. The molecule has 38 heavy (non-hydrogen) atoms. The van der Waals surface area contributed by atoms with E-state index in [9.17, 15) is 4.39 Å². The minimum atomic E-state index is -0.693. The Morgan fingerprint density at radius 2 is 2.03 bits per heavy atom. The highest BCUT2D eigenvalue weighted by Gasteiger charge is 2.56. The van der Waals surface area contributed by atoms with Crippen molar-refractivity contribution >= 4 is 43.3 Å². The summed E-state index contributed by atoms with van der Waals surface area (Å²) in [6, 6.07) is 5.35. The third kappa shape index (κ3) is 4.92. The molecule has 2 aliphatic carbocycles. The number of halogens is 1. The van der Waals surface area contributed by atoms with E-state index >= 15 is 0 Å². The van der Waals surface area contributed by atoms with Gasteiger partial charge in [-0.2, -0.15) is 0 Å². The largest absolute Gasteiger partial charge is 0.376 e. The quantitative estimate of drug-likeness (QED) is 0.235. The van der Waals surface area contributed by atoms with Crippen molar-refractivity contribution in [2.45, 2.75) is 94.2 Å². The predicted molar refractivity (Wildman–Crippen MR) is 148 cm³/mol. The van der Waals surface area contributed by atoms with Crippen molar-refractivity contribution in [2.75, 3.05) is 17.7 Å². The highest BCUT2D eigenvalue weighted by atomic mass is 32.2. The summed E-state index contributed by atoms with van der Waals surface area (Å²) in [4.78, 5) is 9.73. The molecule has 204 valence electrons. The van der Waals surface area contributed by atoms with E-state index in [1.807, 2.05) is 37.6 Å². The Labute approximate surface area is 228 Å². The van der Waals surface area contributed by atoms with Gasteiger partial charge >= 0.3 is 0 Å². The summed E-state index contributed by atoms with van der Waals surface area (Å²) in [5.74, 6) is 0.978. The molecule has 0 bridgehead atoms. The minimum absolute atomic E-state index is 0.0889. The molecule has 3 fully saturated rings. The summed E-state index contributed by atoms with van der Waals surface area (Å²) in [5, 5.41) is 14.0. The van der Waals surface area contributed by atoms with E-state index in [0.717, 1.165) is 24.2 Å². The van der Waals surface area contributed by atoms with Crippen LogP contribution in [0.1, 0.15) is 64.5 Å². The van der Waals surface area contributed by atoms with Gasteiger partial charge in [0.1, 0.15) is 18.0 Å². The second kappa shape index (κ2) is 10.2. The molecule has 7 atom stereocenters. The molecule has 6 rings (SSSR count). The molecule has 1 aliphatic heterocycles. The number of benzene rings is 1. The summed E-state index contributed by atoms with van der Waals surface area (Å²) in [5.41, 5.74) is 2.43. The number of aromatic nitrogens is 5. The average molecular weight is 561 g/mol. The standard InChI is InChI=1S/C26H34FN6O3PS/c1-5-9-38-25-29-23(28-16-11-14(16)13-7-8-15(27)19(37)10-13)20-24(30-25)33(32-31-20)17-12-18(34-6-2)22-21(17)35-26(3,4)36-22/h7-8,10,14,16-18,21-22H,5-6,9,11-12,37H2,1-4H3,(H,28,29,30)/t14-,16+,17+,18-,21-,22+/m0/s1. The number of ether oxygens (including phenoxy) is 3. The first-order valence-electron chi connectivity index (χ1n) is 13.3. The van der Waals surface area contributed by atoms with Crippen LogP contribution in [0, 0.1) is 5.82 Å². The fourth-order valence-electron chi connectivity index (χ4n) is 5.61. The first-order chi connectivity index (χ1) is 18.3. The zero-order chi connectivity index (χ0) is 26.6. The number of nitrogens with zero attached hydrogens (tertiary/aromatic N) is 5. The van der Waals surface area contributed by atoms with Gasteiger partial charge in [-0.15, -0.1) is 14.3 Å². The molecule has 1 saturated heterocycles. The highest BCUT2D eigenvalue weighted by Crippen LogP contribution is 2.46. The second-order valence-corrected chi connectivity index (χ2v) is 12.3. The number of hydrogen-bond acceptors (Lipinski definition) is 9. The summed E-state index contributed by atoms with van der Waals surface area (Å²) < 4.78 is 34.2. The van der Waals surface area contributed by atoms with Gasteiger partial charge in [-0.05, 0) is 51.3 Å². The number of fused-ring (bicyclic) bond motifs is 2. The number of nitrogens with one attached hydrogen (secondary N) is 1. The third-order valence-electron chi connectivity index (χ3n) is 7.38. The maximum atomic E-state index is 13.8. The Bertz CT molecular complexity index is 1340. The van der Waals surface area contributed by atoms with Gasteiger partial charge in [0.2, 0.25) is 0 Å². The van der Waals surface area contributed by atoms with Crippen molar-refractivity contribution in [3.8, 4) is 0 Å². The molecule has 1 unspecified atom stereocenters. The molecule has 0 spiro atoms. The zero-order valence-corrected chi connectivity index (χ0v) is 24.0. The molecule has 3 heterocycles. The van der Waals surface area contributed by atoms with Crippen LogP contribution in [0.15, 0.2) is 23.4 Å². The Hall–Kier alpha value is -1.91. The van der Waals surface area contributed by atoms with Gasteiger partial charge in [0.15, 0.2) is 27.9 Å². The van der Waals surface area contributed by atoms with Crippen LogP contribution in [0.25, 0.3) is 11.2 Å². The molecule has 3 aliphatic rings. The van der Waals surface area contributed by atoms with Crippen molar-refractivity contribution in [2.24, 2.45) is 0 Å². The van der Waals surface area contributed by atoms with E-state index < -0.39 is 5.79 Å². The van der Waals surface area contributed by atoms with E-state index in [0.29, 0.717) is 40.5 Å². The highest BCUT2D eigenvalue weighted by molar-refractivity contribution is 7.99. The Morgan fingerprint density at radius 1 is 1.21 bits per heavy atom. The van der Waals surface area contributed by atoms with Crippen molar-refractivity contribution in [3.05, 3.63) is 29.6 Å². The fourth-order valence-corrected chi connectivity index (χ4v) is 6.59. The van der Waals surface area contributed by atoms with Gasteiger partial charge in [-0.25, -0.2) is 19.0 Å². The van der Waals surface area contributed by atoms with Crippen LogP contribution in [0.2, 0.25) is 0 Å². The molecule has 0 amide bonds. The lowest BCUT2D eigenvalue weighted by molar-refractivity contribution is -0.170.